The molecule has 0 atom stereocenters. The molecular weight excluding hydrogens is 254 g/mol. The smallest absolute Gasteiger partial charge is 0.341 e. The number of hydrogen-bond donors (Lipinski definition) is 1. The molecule has 1 aromatic heterocycles. The molecule has 4 nitrogen and oxygen atoms in total. The largest absolute Gasteiger partial charge is 0.482 e. The van der Waals surface area contributed by atoms with Gasteiger partial charge in [-0.1, -0.05) is 12.1 Å². The van der Waals surface area contributed by atoms with Gasteiger partial charge in [-0.2, -0.15) is 0 Å². The van der Waals surface area contributed by atoms with Crippen LogP contribution in [0.2, 0.25) is 0 Å². The molecule has 0 bridgehead atoms. The van der Waals surface area contributed by atoms with Crippen LogP contribution in [0.25, 0.3) is 11.1 Å². The Morgan fingerprint density at radius 3 is 2.45 bits per heavy atom. The van der Waals surface area contributed by atoms with Gasteiger partial charge < -0.3 is 9.84 Å². The van der Waals surface area contributed by atoms with Gasteiger partial charge in [-0.25, -0.2) is 9.36 Å². The first kappa shape index (κ1) is 14.1. The minimum Gasteiger partial charge on any atom is -0.482 e. The average molecular weight is 272 g/mol. The third-order valence-electron chi connectivity index (χ3n) is 3.47. The summed E-state index contributed by atoms with van der Waals surface area (Å²) >= 11 is 0. The Hall–Kier alpha value is -2.36. The standard InChI is InChI=1S/C16H17NO3/c1-11-12(2)17(3)9-8-15(11)13-4-6-14(7-5-13)20-10-16(18)19/h4-9H,10H2,1-3H3/p+1. The van der Waals surface area contributed by atoms with Crippen molar-refractivity contribution in [1.29, 1.82) is 0 Å². The number of aryl methyl sites for hydroxylation is 1. The van der Waals surface area contributed by atoms with Crippen LogP contribution >= 0.6 is 0 Å². The van der Waals surface area contributed by atoms with Gasteiger partial charge >= 0.3 is 5.97 Å². The summed E-state index contributed by atoms with van der Waals surface area (Å²) < 4.78 is 7.21. The lowest BCUT2D eigenvalue weighted by molar-refractivity contribution is -0.677. The zero-order valence-corrected chi connectivity index (χ0v) is 11.9. The van der Waals surface area contributed by atoms with Crippen molar-refractivity contribution in [1.82, 2.24) is 0 Å². The third kappa shape index (κ3) is 2.96. The van der Waals surface area contributed by atoms with Crippen LogP contribution < -0.4 is 9.30 Å². The molecule has 0 aliphatic rings. The molecule has 0 saturated heterocycles. The molecule has 0 radical (unpaired) electrons. The highest BCUT2D eigenvalue weighted by Gasteiger charge is 2.11. The van der Waals surface area contributed by atoms with Gasteiger partial charge in [0.05, 0.1) is 0 Å². The number of hydrogen-bond acceptors (Lipinski definition) is 2. The lowest BCUT2D eigenvalue weighted by atomic mass is 10.0. The van der Waals surface area contributed by atoms with E-state index in [1.54, 1.807) is 12.1 Å². The molecule has 2 aromatic rings. The average Bonchev–Trinajstić information content (AvgIpc) is 2.43. The molecule has 0 unspecified atom stereocenters. The SMILES string of the molecule is Cc1c(-c2ccc(OCC(=O)O)cc2)cc[n+](C)c1C. The summed E-state index contributed by atoms with van der Waals surface area (Å²) in [5.74, 6) is -0.414. The predicted molar refractivity (Wildman–Crippen MR) is 75.7 cm³/mol. The maximum atomic E-state index is 10.4. The molecule has 1 heterocycles. The fourth-order valence-electron chi connectivity index (χ4n) is 2.07. The van der Waals surface area contributed by atoms with E-state index in [4.69, 9.17) is 9.84 Å². The van der Waals surface area contributed by atoms with Crippen LogP contribution in [0.5, 0.6) is 5.75 Å². The molecule has 2 rings (SSSR count). The molecule has 0 aliphatic carbocycles. The molecule has 1 N–H and O–H groups in total. The van der Waals surface area contributed by atoms with Crippen molar-refractivity contribution in [3.8, 4) is 16.9 Å². The van der Waals surface area contributed by atoms with Crippen molar-refractivity contribution in [3.05, 3.63) is 47.8 Å². The van der Waals surface area contributed by atoms with E-state index in [1.165, 1.54) is 16.8 Å². The Morgan fingerprint density at radius 2 is 1.85 bits per heavy atom. The minimum atomic E-state index is -0.976. The van der Waals surface area contributed by atoms with Gasteiger partial charge in [-0.05, 0) is 30.2 Å². The second-order valence-corrected chi connectivity index (χ2v) is 4.76. The normalized spacial score (nSPS) is 10.3. The molecule has 104 valence electrons. The van der Waals surface area contributed by atoms with Crippen molar-refractivity contribution >= 4 is 5.97 Å². The zero-order valence-electron chi connectivity index (χ0n) is 11.9. The quantitative estimate of drug-likeness (QED) is 0.869. The zero-order chi connectivity index (χ0) is 14.7. The molecule has 0 fully saturated rings. The van der Waals surface area contributed by atoms with Crippen LogP contribution in [-0.2, 0) is 11.8 Å². The van der Waals surface area contributed by atoms with Crippen molar-refractivity contribution in [2.45, 2.75) is 13.8 Å². The summed E-state index contributed by atoms with van der Waals surface area (Å²) in [7, 11) is 2.02. The summed E-state index contributed by atoms with van der Waals surface area (Å²) in [4.78, 5) is 10.4. The summed E-state index contributed by atoms with van der Waals surface area (Å²) in [6, 6.07) is 9.55. The second-order valence-electron chi connectivity index (χ2n) is 4.76. The van der Waals surface area contributed by atoms with E-state index in [-0.39, 0.29) is 6.61 Å². The summed E-state index contributed by atoms with van der Waals surface area (Å²) in [5.41, 5.74) is 4.71. The van der Waals surface area contributed by atoms with Gasteiger partial charge in [0.15, 0.2) is 18.5 Å². The monoisotopic (exact) mass is 272 g/mol. The van der Waals surface area contributed by atoms with Crippen LogP contribution in [-0.4, -0.2) is 17.7 Å². The van der Waals surface area contributed by atoms with E-state index in [2.05, 4.69) is 24.5 Å². The Labute approximate surface area is 118 Å². The molecule has 1 aromatic carbocycles. The van der Waals surface area contributed by atoms with E-state index < -0.39 is 5.97 Å². The number of aromatic nitrogens is 1. The van der Waals surface area contributed by atoms with E-state index in [0.29, 0.717) is 5.75 Å². The van der Waals surface area contributed by atoms with Crippen LogP contribution in [0.1, 0.15) is 11.3 Å². The highest BCUT2D eigenvalue weighted by Crippen LogP contribution is 2.25. The molecule has 4 heteroatoms. The fourth-order valence-corrected chi connectivity index (χ4v) is 2.07. The van der Waals surface area contributed by atoms with E-state index >= 15 is 0 Å². The van der Waals surface area contributed by atoms with Crippen molar-refractivity contribution < 1.29 is 19.2 Å². The van der Waals surface area contributed by atoms with Crippen LogP contribution in [0.15, 0.2) is 36.5 Å². The number of benzene rings is 1. The van der Waals surface area contributed by atoms with Gasteiger partial charge in [0, 0.05) is 18.6 Å². The number of carbonyl (C=O) groups is 1. The van der Waals surface area contributed by atoms with Crippen LogP contribution in [0.3, 0.4) is 0 Å². The number of carboxylic acids is 1. The number of aliphatic carboxylic acids is 1. The number of nitrogens with zero attached hydrogens (tertiary/aromatic N) is 1. The number of carboxylic acid groups (broad SMARTS) is 1. The second kappa shape index (κ2) is 5.74. The van der Waals surface area contributed by atoms with Crippen molar-refractivity contribution in [2.75, 3.05) is 6.61 Å². The Morgan fingerprint density at radius 1 is 1.20 bits per heavy atom. The molecule has 0 aliphatic heterocycles. The number of pyridine rings is 1. The molecule has 0 amide bonds. The minimum absolute atomic E-state index is 0.321. The topological polar surface area (TPSA) is 50.4 Å². The maximum Gasteiger partial charge on any atom is 0.341 e. The predicted octanol–water partition coefficient (Wildman–Crippen LogP) is 2.26. The van der Waals surface area contributed by atoms with Crippen LogP contribution in [0.4, 0.5) is 0 Å². The lowest BCUT2D eigenvalue weighted by Crippen LogP contribution is -2.32. The first-order valence-electron chi connectivity index (χ1n) is 6.40. The highest BCUT2D eigenvalue weighted by atomic mass is 16.5. The summed E-state index contributed by atoms with van der Waals surface area (Å²) in [6.45, 7) is 3.86. The summed E-state index contributed by atoms with van der Waals surface area (Å²) in [6.07, 6.45) is 2.03. The van der Waals surface area contributed by atoms with Crippen molar-refractivity contribution in [2.24, 2.45) is 7.05 Å². The Balaban J connectivity index is 2.26. The maximum absolute atomic E-state index is 10.4. The number of rotatable bonds is 4. The van der Waals surface area contributed by atoms with E-state index in [0.717, 1.165) is 5.56 Å². The summed E-state index contributed by atoms with van der Waals surface area (Å²) in [5, 5.41) is 8.57. The van der Waals surface area contributed by atoms with E-state index in [1.807, 2.05) is 25.4 Å². The molecule has 0 saturated carbocycles. The van der Waals surface area contributed by atoms with Gasteiger partial charge in [0.2, 0.25) is 0 Å². The van der Waals surface area contributed by atoms with E-state index in [9.17, 15) is 4.79 Å². The van der Waals surface area contributed by atoms with Gasteiger partial charge in [0.25, 0.3) is 0 Å². The highest BCUT2D eigenvalue weighted by molar-refractivity contribution is 5.69. The number of ether oxygens (including phenoxy) is 1. The molecule has 0 spiro atoms. The van der Waals surface area contributed by atoms with Crippen LogP contribution in [0, 0.1) is 13.8 Å². The third-order valence-corrected chi connectivity index (χ3v) is 3.47. The Bertz CT molecular complexity index is 633. The fraction of sp³-hybridized carbons (Fsp3) is 0.250. The molecular formula is C16H18NO3+. The first-order valence-corrected chi connectivity index (χ1v) is 6.40. The lowest BCUT2D eigenvalue weighted by Gasteiger charge is -2.08. The molecule has 20 heavy (non-hydrogen) atoms. The first-order chi connectivity index (χ1) is 9.49. The Kier molecular flexibility index (Phi) is 4.03. The van der Waals surface area contributed by atoms with Gasteiger partial charge in [-0.3, -0.25) is 0 Å². The van der Waals surface area contributed by atoms with Gasteiger partial charge in [-0.15, -0.1) is 0 Å². The van der Waals surface area contributed by atoms with Gasteiger partial charge in [0.1, 0.15) is 12.8 Å². The van der Waals surface area contributed by atoms with Crippen molar-refractivity contribution in [3.63, 3.8) is 0 Å².